The van der Waals surface area contributed by atoms with Crippen LogP contribution in [0.1, 0.15) is 12.8 Å². The van der Waals surface area contributed by atoms with E-state index in [9.17, 15) is 0 Å². The van der Waals surface area contributed by atoms with E-state index in [1.54, 1.807) is 0 Å². The van der Waals surface area contributed by atoms with Crippen LogP contribution in [-0.2, 0) is 0 Å². The van der Waals surface area contributed by atoms with Crippen LogP contribution >= 0.6 is 0 Å². The second kappa shape index (κ2) is 5.05. The van der Waals surface area contributed by atoms with Crippen molar-refractivity contribution in [1.82, 2.24) is 9.88 Å². The Morgan fingerprint density at radius 3 is 3.11 bits per heavy atom. The summed E-state index contributed by atoms with van der Waals surface area (Å²) >= 11 is 0. The van der Waals surface area contributed by atoms with Gasteiger partial charge in [0, 0.05) is 29.9 Å². The maximum absolute atomic E-state index is 5.98. The third-order valence-corrected chi connectivity index (χ3v) is 3.79. The zero-order valence-electron chi connectivity index (χ0n) is 11.3. The number of hydrogen-bond donors (Lipinski definition) is 2. The summed E-state index contributed by atoms with van der Waals surface area (Å²) < 4.78 is 0. The molecule has 4 nitrogen and oxygen atoms in total. The molecule has 1 unspecified atom stereocenters. The first-order valence-corrected chi connectivity index (χ1v) is 6.82. The van der Waals surface area contributed by atoms with E-state index in [4.69, 9.17) is 5.73 Å². The van der Waals surface area contributed by atoms with Crippen LogP contribution in [0.15, 0.2) is 30.5 Å². The van der Waals surface area contributed by atoms with Crippen molar-refractivity contribution in [3.63, 3.8) is 0 Å². The minimum absolute atomic E-state index is 0.505. The monoisotopic (exact) mass is 256 g/mol. The van der Waals surface area contributed by atoms with E-state index in [0.29, 0.717) is 6.04 Å². The van der Waals surface area contributed by atoms with Crippen LogP contribution in [0, 0.1) is 0 Å². The number of fused-ring (bicyclic) bond motifs is 1. The number of likely N-dealkylation sites (N-methyl/N-ethyl adjacent to an activating group) is 1. The largest absolute Gasteiger partial charge is 0.397 e. The van der Waals surface area contributed by atoms with Crippen molar-refractivity contribution in [2.24, 2.45) is 0 Å². The summed E-state index contributed by atoms with van der Waals surface area (Å²) in [6, 6.07) is 8.50. The lowest BCUT2D eigenvalue weighted by Crippen LogP contribution is -2.39. The summed E-state index contributed by atoms with van der Waals surface area (Å²) in [6.45, 7) is 2.29. The highest BCUT2D eigenvalue weighted by Crippen LogP contribution is 2.26. The van der Waals surface area contributed by atoms with Crippen LogP contribution in [0.2, 0.25) is 0 Å². The number of nitrogens with one attached hydrogen (secondary N) is 1. The van der Waals surface area contributed by atoms with Gasteiger partial charge in [-0.05, 0) is 38.6 Å². The van der Waals surface area contributed by atoms with Gasteiger partial charge in [-0.15, -0.1) is 0 Å². The summed E-state index contributed by atoms with van der Waals surface area (Å²) in [4.78, 5) is 6.75. The fourth-order valence-electron chi connectivity index (χ4n) is 2.83. The number of benzene rings is 1. The minimum Gasteiger partial charge on any atom is -0.397 e. The average molecular weight is 256 g/mol. The number of hydrogen-bond acceptors (Lipinski definition) is 4. The molecule has 100 valence electrons. The molecular weight excluding hydrogens is 236 g/mol. The number of anilines is 2. The summed E-state index contributed by atoms with van der Waals surface area (Å²) in [6.07, 6.45) is 4.30. The van der Waals surface area contributed by atoms with E-state index in [1.807, 2.05) is 24.4 Å². The molecule has 4 heteroatoms. The van der Waals surface area contributed by atoms with Crippen molar-refractivity contribution >= 4 is 22.3 Å². The SMILES string of the molecule is CN1CCCC(Nc2ccnc3c(N)cccc23)C1. The normalized spacial score (nSPS) is 20.6. The molecule has 1 aromatic carbocycles. The molecule has 0 aliphatic carbocycles. The number of aromatic nitrogens is 1. The van der Waals surface area contributed by atoms with Gasteiger partial charge in [-0.3, -0.25) is 4.98 Å². The average Bonchev–Trinajstić information content (AvgIpc) is 2.40. The van der Waals surface area contributed by atoms with Gasteiger partial charge in [0.1, 0.15) is 0 Å². The molecule has 0 radical (unpaired) electrons. The van der Waals surface area contributed by atoms with Crippen LogP contribution in [0.4, 0.5) is 11.4 Å². The topological polar surface area (TPSA) is 54.2 Å². The molecule has 3 N–H and O–H groups in total. The van der Waals surface area contributed by atoms with Crippen molar-refractivity contribution in [3.05, 3.63) is 30.5 Å². The molecule has 1 aliphatic rings. The molecule has 1 saturated heterocycles. The van der Waals surface area contributed by atoms with Crippen LogP contribution < -0.4 is 11.1 Å². The van der Waals surface area contributed by atoms with Crippen molar-refractivity contribution in [3.8, 4) is 0 Å². The summed E-state index contributed by atoms with van der Waals surface area (Å²) in [7, 11) is 2.18. The van der Waals surface area contributed by atoms with Crippen molar-refractivity contribution < 1.29 is 0 Å². The zero-order chi connectivity index (χ0) is 13.2. The minimum atomic E-state index is 0.505. The van der Waals surface area contributed by atoms with Crippen LogP contribution in [0.25, 0.3) is 10.9 Å². The molecular formula is C15H20N4. The fourth-order valence-corrected chi connectivity index (χ4v) is 2.83. The Kier molecular flexibility index (Phi) is 3.25. The smallest absolute Gasteiger partial charge is 0.0951 e. The molecule has 3 rings (SSSR count). The molecule has 1 aromatic heterocycles. The fraction of sp³-hybridized carbons (Fsp3) is 0.400. The van der Waals surface area contributed by atoms with Gasteiger partial charge >= 0.3 is 0 Å². The van der Waals surface area contributed by atoms with E-state index in [1.165, 1.54) is 19.4 Å². The highest BCUT2D eigenvalue weighted by molar-refractivity contribution is 5.97. The molecule has 2 heterocycles. The predicted molar refractivity (Wildman–Crippen MR) is 80.3 cm³/mol. The molecule has 1 aliphatic heterocycles. The van der Waals surface area contributed by atoms with E-state index in [-0.39, 0.29) is 0 Å². The molecule has 1 atom stereocenters. The van der Waals surface area contributed by atoms with Gasteiger partial charge in [0.2, 0.25) is 0 Å². The third kappa shape index (κ3) is 2.49. The number of nitrogens with zero attached hydrogens (tertiary/aromatic N) is 2. The van der Waals surface area contributed by atoms with Gasteiger partial charge in [-0.1, -0.05) is 12.1 Å². The Labute approximate surface area is 113 Å². The van der Waals surface area contributed by atoms with Crippen molar-refractivity contribution in [1.29, 1.82) is 0 Å². The summed E-state index contributed by atoms with van der Waals surface area (Å²) in [5, 5.41) is 4.75. The lowest BCUT2D eigenvalue weighted by Gasteiger charge is -2.31. The van der Waals surface area contributed by atoms with Gasteiger partial charge in [-0.25, -0.2) is 0 Å². The van der Waals surface area contributed by atoms with Gasteiger partial charge in [0.05, 0.1) is 11.2 Å². The Bertz CT molecular complexity index is 581. The van der Waals surface area contributed by atoms with E-state index in [2.05, 4.69) is 28.3 Å². The van der Waals surface area contributed by atoms with Crippen LogP contribution in [0.5, 0.6) is 0 Å². The Morgan fingerprint density at radius 2 is 2.26 bits per heavy atom. The summed E-state index contributed by atoms with van der Waals surface area (Å²) in [5.74, 6) is 0. The predicted octanol–water partition coefficient (Wildman–Crippen LogP) is 2.32. The van der Waals surface area contributed by atoms with Crippen molar-refractivity contribution in [2.45, 2.75) is 18.9 Å². The summed E-state index contributed by atoms with van der Waals surface area (Å²) in [5.41, 5.74) is 8.74. The van der Waals surface area contributed by atoms with E-state index in [0.717, 1.165) is 28.8 Å². The highest BCUT2D eigenvalue weighted by atomic mass is 15.1. The Morgan fingerprint density at radius 1 is 1.37 bits per heavy atom. The van der Waals surface area contributed by atoms with Crippen LogP contribution in [0.3, 0.4) is 0 Å². The van der Waals surface area contributed by atoms with Gasteiger partial charge in [0.25, 0.3) is 0 Å². The quantitative estimate of drug-likeness (QED) is 0.810. The number of likely N-dealkylation sites (tertiary alicyclic amines) is 1. The second-order valence-corrected chi connectivity index (χ2v) is 5.35. The van der Waals surface area contributed by atoms with Gasteiger partial charge < -0.3 is 16.0 Å². The lowest BCUT2D eigenvalue weighted by atomic mass is 10.1. The first kappa shape index (κ1) is 12.2. The van der Waals surface area contributed by atoms with Gasteiger partial charge in [0.15, 0.2) is 0 Å². The number of para-hydroxylation sites is 1. The van der Waals surface area contributed by atoms with Crippen molar-refractivity contribution in [2.75, 3.05) is 31.2 Å². The van der Waals surface area contributed by atoms with E-state index >= 15 is 0 Å². The van der Waals surface area contributed by atoms with Crippen LogP contribution in [-0.4, -0.2) is 36.1 Å². The standard InChI is InChI=1S/C15H20N4/c1-19-9-3-4-11(10-19)18-14-7-8-17-15-12(14)5-2-6-13(15)16/h2,5-8,11H,3-4,9-10,16H2,1H3,(H,17,18). The number of nitrogens with two attached hydrogens (primary N) is 1. The lowest BCUT2D eigenvalue weighted by molar-refractivity contribution is 0.261. The molecule has 0 spiro atoms. The number of piperidine rings is 1. The third-order valence-electron chi connectivity index (χ3n) is 3.79. The molecule has 19 heavy (non-hydrogen) atoms. The number of nitrogen functional groups attached to an aromatic ring is 1. The Balaban J connectivity index is 1.90. The highest BCUT2D eigenvalue weighted by Gasteiger charge is 2.17. The first-order chi connectivity index (χ1) is 9.24. The molecule has 1 fully saturated rings. The molecule has 0 bridgehead atoms. The number of rotatable bonds is 2. The van der Waals surface area contributed by atoms with E-state index < -0.39 is 0 Å². The zero-order valence-corrected chi connectivity index (χ0v) is 11.3. The Hall–Kier alpha value is -1.81. The molecule has 0 amide bonds. The maximum atomic E-state index is 5.98. The molecule has 0 saturated carbocycles. The first-order valence-electron chi connectivity index (χ1n) is 6.82. The number of pyridine rings is 1. The second-order valence-electron chi connectivity index (χ2n) is 5.35. The molecule has 2 aromatic rings. The maximum Gasteiger partial charge on any atom is 0.0951 e. The van der Waals surface area contributed by atoms with Gasteiger partial charge in [-0.2, -0.15) is 0 Å².